The molecule has 0 bridgehead atoms. The second kappa shape index (κ2) is 26.4. The molecule has 8 heterocycles. The molecule has 8 aromatic rings. The van der Waals surface area contributed by atoms with Gasteiger partial charge in [-0.3, -0.25) is 48.1 Å². The zero-order valence-electron chi connectivity index (χ0n) is 43.5. The normalized spacial score (nSPS) is 18.6. The summed E-state index contributed by atoms with van der Waals surface area (Å²) in [4.78, 5) is 108. The van der Waals surface area contributed by atoms with Gasteiger partial charge in [-0.15, -0.1) is 12.4 Å². The number of aliphatic carboxylic acids is 1. The predicted molar refractivity (Wildman–Crippen MR) is 313 cm³/mol. The van der Waals surface area contributed by atoms with Crippen LogP contribution >= 0.6 is 49.1 Å². The molecule has 29 heteroatoms. The molecule has 0 radical (unpaired) electrons. The van der Waals surface area contributed by atoms with E-state index in [-0.39, 0.29) is 108 Å². The standard InChI is InChI=1S/C26H23ClN8O3.C16H14N4O3.C10H11ClN4O.ClH.S2.H2S/c1-13(36)25-18-5-15(17-8-29-14(2)30-9-17)3-4-19(18)34(33-25)12-24(37)35-20-6-16(20)7-21(35)26(38)32-23-11-28-10-22(27)31-23;1-9(21)16-13-5-11(12-6-17-10(2)18-7-12)3-4-14(13)20(19-16)8-15(22)23;11-8-3-12-4-9(14-8)15-10(16)7-2-5-1-6(5)13-7;;1-2;/h3-5,8-11,16,20-21H,6-7,12H2,1-2H3,(H,31,32,38);3-7H,8H2,1-2H3,(H,22,23);3-7,13H,1-2H2,(H,14,15,16);1H;;1H2/t16-,20-,21+;;5-,6-,7+;;;/m1.1.../s1. The number of carbonyl (C=O) groups excluding carboxylic acids is 5. The molecule has 12 rings (SSSR count). The maximum Gasteiger partial charge on any atom is 0.325 e. The quantitative estimate of drug-likeness (QED) is 0.0947. The van der Waals surface area contributed by atoms with E-state index in [0.29, 0.717) is 63.6 Å². The van der Waals surface area contributed by atoms with E-state index in [2.05, 4.69) is 88.4 Å². The number of hydrogen-bond acceptors (Lipinski definition) is 19. The van der Waals surface area contributed by atoms with Crippen molar-refractivity contribution in [1.29, 1.82) is 0 Å². The Morgan fingerprint density at radius 1 is 0.642 bits per heavy atom. The van der Waals surface area contributed by atoms with E-state index in [0.717, 1.165) is 35.1 Å². The first-order valence-electron chi connectivity index (χ1n) is 24.6. The zero-order valence-corrected chi connectivity index (χ0v) is 48.4. The van der Waals surface area contributed by atoms with Gasteiger partial charge in [0.05, 0.1) is 41.9 Å². The summed E-state index contributed by atoms with van der Waals surface area (Å²) in [5.74, 6) is 0.913. The lowest BCUT2D eigenvalue weighted by molar-refractivity contribution is -0.138. The van der Waals surface area contributed by atoms with Gasteiger partial charge in [0.25, 0.3) is 0 Å². The van der Waals surface area contributed by atoms with Crippen molar-refractivity contribution in [2.24, 2.45) is 11.8 Å². The summed E-state index contributed by atoms with van der Waals surface area (Å²) in [7, 11) is 0. The molecule has 2 saturated heterocycles. The molecule has 2 aromatic carbocycles. The van der Waals surface area contributed by atoms with Crippen molar-refractivity contribution >= 4 is 140 Å². The first-order valence-corrected chi connectivity index (χ1v) is 26.7. The van der Waals surface area contributed by atoms with Crippen molar-refractivity contribution in [1.82, 2.24) is 69.6 Å². The number of Topliss-reactive ketones (excluding diaryl/α,β-unsaturated/α-hetero) is 2. The number of nitrogens with zero attached hydrogens (tertiary/aromatic N) is 13. The first kappa shape index (κ1) is 61.2. The monoisotopic (exact) mass is 1210 g/mol. The van der Waals surface area contributed by atoms with E-state index in [1.54, 1.807) is 42.7 Å². The number of fused-ring (bicyclic) bond motifs is 4. The molecule has 2 aliphatic carbocycles. The number of benzene rings is 2. The van der Waals surface area contributed by atoms with Gasteiger partial charge >= 0.3 is 5.97 Å². The van der Waals surface area contributed by atoms with Crippen molar-refractivity contribution in [3.63, 3.8) is 0 Å². The third-order valence-corrected chi connectivity index (χ3v) is 13.9. The van der Waals surface area contributed by atoms with E-state index in [1.807, 2.05) is 37.3 Å². The van der Waals surface area contributed by atoms with Gasteiger partial charge in [-0.05, 0) is 86.8 Å². The highest BCUT2D eigenvalue weighted by Gasteiger charge is 2.56. The smallest absolute Gasteiger partial charge is 0.325 e. The van der Waals surface area contributed by atoms with Crippen molar-refractivity contribution < 1.29 is 33.9 Å². The number of likely N-dealkylation sites (tertiary alicyclic amines) is 1. The molecule has 6 atom stereocenters. The van der Waals surface area contributed by atoms with Crippen LogP contribution in [0.3, 0.4) is 0 Å². The highest BCUT2D eigenvalue weighted by molar-refractivity contribution is 8.07. The average Bonchev–Trinajstić information content (AvgIpc) is 3.34. The van der Waals surface area contributed by atoms with Crippen LogP contribution in [0.15, 0.2) is 86.0 Å². The number of rotatable bonds is 12. The van der Waals surface area contributed by atoms with Gasteiger partial charge < -0.3 is 26.0 Å². The molecule has 2 aliphatic heterocycles. The van der Waals surface area contributed by atoms with Gasteiger partial charge in [0, 0.05) is 95.0 Å². The lowest BCUT2D eigenvalue weighted by Gasteiger charge is -2.26. The molecule has 2 saturated carbocycles. The minimum absolute atomic E-state index is 0. The molecule has 3 amide bonds. The Morgan fingerprint density at radius 3 is 1.57 bits per heavy atom. The molecule has 0 spiro atoms. The maximum absolute atomic E-state index is 13.6. The average molecular weight is 1210 g/mol. The number of amides is 3. The van der Waals surface area contributed by atoms with Crippen LogP contribution in [0.2, 0.25) is 10.3 Å². The van der Waals surface area contributed by atoms with Crippen LogP contribution in [0.1, 0.15) is 72.2 Å². The molecular weight excluding hydrogens is 1160 g/mol. The lowest BCUT2D eigenvalue weighted by atomic mass is 10.0. The van der Waals surface area contributed by atoms with Gasteiger partial charge in [-0.25, -0.2) is 29.9 Å². The van der Waals surface area contributed by atoms with E-state index < -0.39 is 12.0 Å². The Kier molecular flexibility index (Phi) is 20.0. The molecule has 81 heavy (non-hydrogen) atoms. The number of aryl methyl sites for hydroxylation is 2. The van der Waals surface area contributed by atoms with Crippen LogP contribution in [-0.2, 0) is 54.6 Å². The number of nitrogens with one attached hydrogen (secondary N) is 3. The van der Waals surface area contributed by atoms with Gasteiger partial charge in [-0.1, -0.05) is 35.3 Å². The van der Waals surface area contributed by atoms with E-state index >= 15 is 0 Å². The number of hydrogen-bond donors (Lipinski definition) is 4. The van der Waals surface area contributed by atoms with Crippen LogP contribution in [0, 0.1) is 25.7 Å². The van der Waals surface area contributed by atoms with Crippen molar-refractivity contribution in [2.45, 2.75) is 90.6 Å². The van der Waals surface area contributed by atoms with Crippen LogP contribution in [0.4, 0.5) is 11.6 Å². The van der Waals surface area contributed by atoms with Crippen molar-refractivity contribution in [3.05, 3.63) is 119 Å². The molecule has 23 nitrogen and oxygen atoms in total. The number of carboxylic acid groups (broad SMARTS) is 1. The highest BCUT2D eigenvalue weighted by Crippen LogP contribution is 2.48. The lowest BCUT2D eigenvalue weighted by Crippen LogP contribution is -2.46. The van der Waals surface area contributed by atoms with Crippen LogP contribution in [-0.4, -0.2) is 129 Å². The van der Waals surface area contributed by atoms with Crippen LogP contribution in [0.25, 0.3) is 44.1 Å². The summed E-state index contributed by atoms with van der Waals surface area (Å²) in [5.41, 5.74) is 5.11. The first-order chi connectivity index (χ1) is 38.0. The summed E-state index contributed by atoms with van der Waals surface area (Å²) in [6.45, 7) is 6.08. The van der Waals surface area contributed by atoms with Gasteiger partial charge in [-0.2, -0.15) is 23.7 Å². The van der Waals surface area contributed by atoms with Gasteiger partial charge in [0.1, 0.15) is 52.5 Å². The third kappa shape index (κ3) is 14.4. The minimum atomic E-state index is -1.01. The molecule has 6 aromatic heterocycles. The molecular formula is C52H51Cl3N16O7S3. The number of anilines is 2. The summed E-state index contributed by atoms with van der Waals surface area (Å²) in [6, 6.07) is 10.8. The SMILES string of the molecule is CC(=O)c1nn(CC(=O)N2[C@@H]3C[C@@H]3C[C@H]2C(=O)Nc2cncc(Cl)n2)c2ccc(-c3cnc(C)nc3)cc12.CC(=O)c1nn(CC(=O)O)c2ccc(-c3cnc(C)nc3)cc12.Cl.O=C(Nc1cncc(Cl)n1)[C@@H]1C[C@H]2C[C@H]2N1.S.S=S. The fourth-order valence-corrected chi connectivity index (χ4v) is 10.00. The number of carboxylic acids is 1. The Labute approximate surface area is 495 Å². The van der Waals surface area contributed by atoms with E-state index in [1.165, 1.54) is 54.4 Å². The van der Waals surface area contributed by atoms with Crippen LogP contribution in [0.5, 0.6) is 0 Å². The Balaban J connectivity index is 0.000000187. The molecule has 4 N–H and O–H groups in total. The maximum atomic E-state index is 13.6. The van der Waals surface area contributed by atoms with Gasteiger partial charge in [0.2, 0.25) is 17.7 Å². The molecule has 4 fully saturated rings. The van der Waals surface area contributed by atoms with E-state index in [9.17, 15) is 28.8 Å². The summed E-state index contributed by atoms with van der Waals surface area (Å²) >= 11 is 18.9. The molecule has 420 valence electrons. The number of aromatic nitrogens is 12. The Morgan fingerprint density at radius 2 is 1.12 bits per heavy atom. The summed E-state index contributed by atoms with van der Waals surface area (Å²) in [6.07, 6.45) is 16.1. The Bertz CT molecular complexity index is 3680. The molecule has 4 aliphatic rings. The number of piperidine rings is 2. The minimum Gasteiger partial charge on any atom is -0.480 e. The third-order valence-electron chi connectivity index (χ3n) is 13.6. The number of halogens is 3. The summed E-state index contributed by atoms with van der Waals surface area (Å²) in [5, 5.41) is 28.0. The topological polar surface area (TPSA) is 301 Å². The van der Waals surface area contributed by atoms with Gasteiger partial charge in [0.15, 0.2) is 23.2 Å². The zero-order chi connectivity index (χ0) is 56.2. The van der Waals surface area contributed by atoms with Crippen LogP contribution < -0.4 is 16.0 Å². The summed E-state index contributed by atoms with van der Waals surface area (Å²) < 4.78 is 2.86. The fourth-order valence-electron chi connectivity index (χ4n) is 9.70. The second-order valence-electron chi connectivity index (χ2n) is 19.1. The Hall–Kier alpha value is -7.46. The van der Waals surface area contributed by atoms with Crippen molar-refractivity contribution in [2.75, 3.05) is 10.6 Å². The van der Waals surface area contributed by atoms with E-state index in [4.69, 9.17) is 28.3 Å². The highest BCUT2D eigenvalue weighted by atomic mass is 35.5. The predicted octanol–water partition coefficient (Wildman–Crippen LogP) is 6.51. The number of carbonyl (C=O) groups is 6. The number of ketones is 2. The largest absolute Gasteiger partial charge is 0.480 e. The second-order valence-corrected chi connectivity index (χ2v) is 19.9. The fraction of sp³-hybridized carbons (Fsp3) is 0.308. The molecule has 0 unspecified atom stereocenters. The van der Waals surface area contributed by atoms with Crippen molar-refractivity contribution in [3.8, 4) is 22.3 Å².